The molecule has 0 bridgehead atoms. The van der Waals surface area contributed by atoms with Gasteiger partial charge < -0.3 is 9.80 Å². The second kappa shape index (κ2) is 6.09. The second-order valence-corrected chi connectivity index (χ2v) is 6.71. The quantitative estimate of drug-likeness (QED) is 0.866. The number of amides is 2. The Bertz CT molecular complexity index is 834. The van der Waals surface area contributed by atoms with E-state index in [0.717, 1.165) is 16.5 Å². The van der Waals surface area contributed by atoms with Gasteiger partial charge in [-0.05, 0) is 18.6 Å². The standard InChI is InChI=1S/C18H21N5O2/c1-12-18-20-21(2)10-15(24)23(18)11-16(25)22(12)9-14-6-3-5-13-7-4-8-19-17(13)14/h3-8,12,18,20H,9-11H2,1-2H3. The van der Waals surface area contributed by atoms with E-state index in [2.05, 4.69) is 10.4 Å². The smallest absolute Gasteiger partial charge is 0.242 e. The van der Waals surface area contributed by atoms with Gasteiger partial charge in [-0.2, -0.15) is 0 Å². The molecule has 0 radical (unpaired) electrons. The molecule has 2 aliphatic rings. The van der Waals surface area contributed by atoms with Crippen molar-refractivity contribution in [3.8, 4) is 0 Å². The number of hydrogen-bond donors (Lipinski definition) is 1. The first-order chi connectivity index (χ1) is 12.0. The number of pyridine rings is 1. The summed E-state index contributed by atoms with van der Waals surface area (Å²) >= 11 is 0. The number of likely N-dealkylation sites (N-methyl/N-ethyl adjacent to an activating group) is 1. The van der Waals surface area contributed by atoms with Crippen LogP contribution in [-0.4, -0.2) is 64.0 Å². The van der Waals surface area contributed by atoms with Crippen molar-refractivity contribution in [1.82, 2.24) is 25.2 Å². The molecular weight excluding hydrogens is 318 g/mol. The first-order valence-electron chi connectivity index (χ1n) is 8.43. The molecule has 2 saturated heterocycles. The molecule has 7 nitrogen and oxygen atoms in total. The SMILES string of the molecule is CC1C2NN(C)CC(=O)N2CC(=O)N1Cc1cccc2cccnc12. The monoisotopic (exact) mass is 339 g/mol. The summed E-state index contributed by atoms with van der Waals surface area (Å²) in [7, 11) is 1.84. The summed E-state index contributed by atoms with van der Waals surface area (Å²) in [4.78, 5) is 32.9. The van der Waals surface area contributed by atoms with E-state index >= 15 is 0 Å². The van der Waals surface area contributed by atoms with E-state index in [1.54, 1.807) is 16.1 Å². The van der Waals surface area contributed by atoms with E-state index in [9.17, 15) is 9.59 Å². The number of aromatic nitrogens is 1. The molecule has 2 atom stereocenters. The highest BCUT2D eigenvalue weighted by molar-refractivity contribution is 5.88. The second-order valence-electron chi connectivity index (χ2n) is 6.71. The number of benzene rings is 1. The largest absolute Gasteiger partial charge is 0.331 e. The third-order valence-electron chi connectivity index (χ3n) is 5.01. The Labute approximate surface area is 146 Å². The lowest BCUT2D eigenvalue weighted by atomic mass is 10.0. The van der Waals surface area contributed by atoms with Gasteiger partial charge in [-0.15, -0.1) is 0 Å². The van der Waals surface area contributed by atoms with E-state index < -0.39 is 0 Å². The molecule has 2 aromatic rings. The van der Waals surface area contributed by atoms with Gasteiger partial charge in [0.15, 0.2) is 0 Å². The molecular formula is C18H21N5O2. The van der Waals surface area contributed by atoms with Gasteiger partial charge in [0.05, 0.1) is 18.1 Å². The minimum atomic E-state index is -0.202. The number of carbonyl (C=O) groups is 2. The van der Waals surface area contributed by atoms with Gasteiger partial charge in [-0.1, -0.05) is 24.3 Å². The first-order valence-corrected chi connectivity index (χ1v) is 8.43. The van der Waals surface area contributed by atoms with Crippen LogP contribution in [0, 0.1) is 0 Å². The topological polar surface area (TPSA) is 68.8 Å². The number of nitrogens with one attached hydrogen (secondary N) is 1. The fourth-order valence-electron chi connectivity index (χ4n) is 3.69. The Morgan fingerprint density at radius 3 is 2.80 bits per heavy atom. The number of nitrogens with zero attached hydrogens (tertiary/aromatic N) is 4. The van der Waals surface area contributed by atoms with E-state index in [1.165, 1.54) is 0 Å². The molecule has 2 unspecified atom stereocenters. The van der Waals surface area contributed by atoms with Gasteiger partial charge in [0.1, 0.15) is 12.7 Å². The van der Waals surface area contributed by atoms with Crippen LogP contribution in [0.3, 0.4) is 0 Å². The molecule has 25 heavy (non-hydrogen) atoms. The molecule has 7 heteroatoms. The number of rotatable bonds is 2. The van der Waals surface area contributed by atoms with Gasteiger partial charge in [-0.25, -0.2) is 10.4 Å². The molecule has 0 spiro atoms. The predicted octanol–water partition coefficient (Wildman–Crippen LogP) is 0.570. The molecule has 2 amide bonds. The van der Waals surface area contributed by atoms with Gasteiger partial charge in [0.2, 0.25) is 11.8 Å². The van der Waals surface area contributed by atoms with Crippen molar-refractivity contribution in [1.29, 1.82) is 0 Å². The number of piperazine rings is 1. The lowest BCUT2D eigenvalue weighted by Gasteiger charge is -2.50. The fraction of sp³-hybridized carbons (Fsp3) is 0.389. The summed E-state index contributed by atoms with van der Waals surface area (Å²) in [6, 6.07) is 9.81. The van der Waals surface area contributed by atoms with Gasteiger partial charge in [-0.3, -0.25) is 14.6 Å². The van der Waals surface area contributed by atoms with Crippen LogP contribution in [0.1, 0.15) is 12.5 Å². The zero-order valence-electron chi connectivity index (χ0n) is 14.3. The highest BCUT2D eigenvalue weighted by Gasteiger charge is 2.43. The Hall–Kier alpha value is -2.51. The average Bonchev–Trinajstić information content (AvgIpc) is 2.60. The lowest BCUT2D eigenvalue weighted by Crippen LogP contribution is -2.73. The number of hydrazine groups is 1. The van der Waals surface area contributed by atoms with Crippen molar-refractivity contribution in [3.63, 3.8) is 0 Å². The minimum absolute atomic E-state index is 0.0158. The van der Waals surface area contributed by atoms with Crippen LogP contribution in [0.15, 0.2) is 36.5 Å². The van der Waals surface area contributed by atoms with Gasteiger partial charge in [0, 0.05) is 25.2 Å². The summed E-state index contributed by atoms with van der Waals surface area (Å²) in [6.07, 6.45) is 1.57. The molecule has 4 rings (SSSR count). The summed E-state index contributed by atoms with van der Waals surface area (Å²) in [5.74, 6) is -0.0469. The lowest BCUT2D eigenvalue weighted by molar-refractivity contribution is -0.165. The third-order valence-corrected chi connectivity index (χ3v) is 5.01. The van der Waals surface area contributed by atoms with Gasteiger partial charge in [0.25, 0.3) is 0 Å². The normalized spacial score (nSPS) is 24.7. The molecule has 1 aromatic carbocycles. The van der Waals surface area contributed by atoms with Crippen molar-refractivity contribution in [2.45, 2.75) is 25.7 Å². The van der Waals surface area contributed by atoms with Crippen LogP contribution >= 0.6 is 0 Å². The van der Waals surface area contributed by atoms with E-state index in [1.807, 2.05) is 49.2 Å². The molecule has 3 heterocycles. The van der Waals surface area contributed by atoms with Crippen LogP contribution in [0.4, 0.5) is 0 Å². The summed E-state index contributed by atoms with van der Waals surface area (Å²) in [5, 5.41) is 2.84. The van der Waals surface area contributed by atoms with Crippen LogP contribution in [0.2, 0.25) is 0 Å². The highest BCUT2D eigenvalue weighted by atomic mass is 16.2. The summed E-state index contributed by atoms with van der Waals surface area (Å²) in [5.41, 5.74) is 5.23. The highest BCUT2D eigenvalue weighted by Crippen LogP contribution is 2.24. The van der Waals surface area contributed by atoms with Gasteiger partial charge >= 0.3 is 0 Å². The van der Waals surface area contributed by atoms with Crippen LogP contribution in [0.25, 0.3) is 10.9 Å². The zero-order valence-corrected chi connectivity index (χ0v) is 14.3. The molecule has 1 aromatic heterocycles. The molecule has 130 valence electrons. The number of fused-ring (bicyclic) bond motifs is 2. The zero-order chi connectivity index (χ0) is 17.6. The fourth-order valence-corrected chi connectivity index (χ4v) is 3.69. The van der Waals surface area contributed by atoms with E-state index in [0.29, 0.717) is 6.54 Å². The number of hydrogen-bond acceptors (Lipinski definition) is 5. The van der Waals surface area contributed by atoms with Crippen LogP contribution in [-0.2, 0) is 16.1 Å². The maximum absolute atomic E-state index is 12.7. The Balaban J connectivity index is 1.64. The molecule has 1 N–H and O–H groups in total. The molecule has 2 fully saturated rings. The number of carbonyl (C=O) groups excluding carboxylic acids is 2. The van der Waals surface area contributed by atoms with Crippen molar-refractivity contribution >= 4 is 22.7 Å². The summed E-state index contributed by atoms with van der Waals surface area (Å²) in [6.45, 7) is 2.86. The maximum atomic E-state index is 12.7. The average molecular weight is 339 g/mol. The van der Waals surface area contributed by atoms with Crippen LogP contribution < -0.4 is 5.43 Å². The summed E-state index contributed by atoms with van der Waals surface area (Å²) < 4.78 is 0. The Morgan fingerprint density at radius 2 is 1.96 bits per heavy atom. The molecule has 0 aliphatic carbocycles. The molecule has 2 aliphatic heterocycles. The first kappa shape index (κ1) is 16.0. The van der Waals surface area contributed by atoms with Crippen molar-refractivity contribution in [2.24, 2.45) is 0 Å². The maximum Gasteiger partial charge on any atom is 0.242 e. The molecule has 0 saturated carbocycles. The van der Waals surface area contributed by atoms with E-state index in [4.69, 9.17) is 0 Å². The van der Waals surface area contributed by atoms with Crippen molar-refractivity contribution in [3.05, 3.63) is 42.1 Å². The predicted molar refractivity (Wildman–Crippen MR) is 93.0 cm³/mol. The number of para-hydroxylation sites is 1. The Kier molecular flexibility index (Phi) is 3.89. The minimum Gasteiger partial charge on any atom is -0.331 e. The third kappa shape index (κ3) is 2.75. The van der Waals surface area contributed by atoms with E-state index in [-0.39, 0.29) is 37.1 Å². The van der Waals surface area contributed by atoms with Crippen molar-refractivity contribution < 1.29 is 9.59 Å². The Morgan fingerprint density at radius 1 is 1.16 bits per heavy atom. The van der Waals surface area contributed by atoms with Crippen molar-refractivity contribution in [2.75, 3.05) is 20.1 Å². The van der Waals surface area contributed by atoms with Crippen LogP contribution in [0.5, 0.6) is 0 Å².